The molecule has 1 aromatic heterocycles. The van der Waals surface area contributed by atoms with E-state index in [1.807, 2.05) is 39.1 Å². The molecule has 2 rings (SSSR count). The molecule has 112 valence electrons. The molecule has 0 fully saturated rings. The van der Waals surface area contributed by atoms with E-state index in [1.165, 1.54) is 11.5 Å². The van der Waals surface area contributed by atoms with Crippen LogP contribution in [-0.4, -0.2) is 28.9 Å². The lowest BCUT2D eigenvalue weighted by molar-refractivity contribution is -0.114. The Morgan fingerprint density at radius 2 is 2.24 bits per heavy atom. The fraction of sp³-hybridized carbons (Fsp3) is 0.357. The molecule has 0 saturated heterocycles. The van der Waals surface area contributed by atoms with Crippen molar-refractivity contribution in [2.75, 3.05) is 23.8 Å². The zero-order valence-electron chi connectivity index (χ0n) is 12.2. The number of likely N-dealkylation sites (N-methyl/N-ethyl adjacent to an activating group) is 1. The van der Waals surface area contributed by atoms with Gasteiger partial charge in [0.2, 0.25) is 11.0 Å². The smallest absolute Gasteiger partial charge is 0.243 e. The summed E-state index contributed by atoms with van der Waals surface area (Å²) in [5, 5.41) is 3.67. The van der Waals surface area contributed by atoms with Gasteiger partial charge in [-0.05, 0) is 30.7 Å². The molecule has 1 heterocycles. The number of aryl methyl sites for hydroxylation is 2. The highest BCUT2D eigenvalue weighted by molar-refractivity contribution is 9.10. The quantitative estimate of drug-likeness (QED) is 0.879. The van der Waals surface area contributed by atoms with Gasteiger partial charge in [0.25, 0.3) is 0 Å². The molecule has 2 aromatic rings. The minimum Gasteiger partial charge on any atom is -0.341 e. The predicted molar refractivity (Wildman–Crippen MR) is 90.1 cm³/mol. The van der Waals surface area contributed by atoms with Gasteiger partial charge < -0.3 is 10.2 Å². The zero-order chi connectivity index (χ0) is 15.4. The highest BCUT2D eigenvalue weighted by Gasteiger charge is 2.12. The summed E-state index contributed by atoms with van der Waals surface area (Å²) in [6.45, 7) is 4.21. The standard InChI is InChI=1S/C14H17BrN4OS/c1-4-12-17-14(21-18-12)19(3)8-13(20)16-11-6-5-10(15)7-9(11)2/h5-7H,4,8H2,1-3H3,(H,16,20). The van der Waals surface area contributed by atoms with Gasteiger partial charge in [-0.3, -0.25) is 4.79 Å². The monoisotopic (exact) mass is 368 g/mol. The fourth-order valence-electron chi connectivity index (χ4n) is 1.78. The number of rotatable bonds is 5. The normalized spacial score (nSPS) is 10.5. The number of amides is 1. The van der Waals surface area contributed by atoms with E-state index in [4.69, 9.17) is 0 Å². The number of halogens is 1. The number of carbonyl (C=O) groups excluding carboxylic acids is 1. The number of anilines is 2. The molecule has 21 heavy (non-hydrogen) atoms. The number of nitrogens with one attached hydrogen (secondary N) is 1. The minimum atomic E-state index is -0.0730. The fourth-order valence-corrected chi connectivity index (χ4v) is 2.97. The van der Waals surface area contributed by atoms with Gasteiger partial charge >= 0.3 is 0 Å². The first-order valence-electron chi connectivity index (χ1n) is 6.59. The minimum absolute atomic E-state index is 0.0730. The second-order valence-electron chi connectivity index (χ2n) is 4.71. The van der Waals surface area contributed by atoms with Crippen molar-refractivity contribution in [2.24, 2.45) is 0 Å². The molecule has 0 saturated carbocycles. The highest BCUT2D eigenvalue weighted by Crippen LogP contribution is 2.20. The van der Waals surface area contributed by atoms with Crippen LogP contribution in [0.1, 0.15) is 18.3 Å². The molecular weight excluding hydrogens is 352 g/mol. The highest BCUT2D eigenvalue weighted by atomic mass is 79.9. The number of hydrogen-bond donors (Lipinski definition) is 1. The summed E-state index contributed by atoms with van der Waals surface area (Å²) in [6, 6.07) is 5.76. The number of nitrogens with zero attached hydrogens (tertiary/aromatic N) is 3. The molecule has 0 atom stereocenters. The first-order valence-corrected chi connectivity index (χ1v) is 8.16. The van der Waals surface area contributed by atoms with E-state index in [2.05, 4.69) is 30.6 Å². The van der Waals surface area contributed by atoms with Crippen LogP contribution < -0.4 is 10.2 Å². The van der Waals surface area contributed by atoms with Gasteiger partial charge in [0.1, 0.15) is 5.82 Å². The number of benzene rings is 1. The van der Waals surface area contributed by atoms with Gasteiger partial charge in [-0.25, -0.2) is 4.98 Å². The zero-order valence-corrected chi connectivity index (χ0v) is 14.6. The van der Waals surface area contributed by atoms with Gasteiger partial charge in [-0.15, -0.1) is 0 Å². The summed E-state index contributed by atoms with van der Waals surface area (Å²) in [5.74, 6) is 0.738. The molecule has 0 radical (unpaired) electrons. The maximum absolute atomic E-state index is 12.1. The van der Waals surface area contributed by atoms with Crippen molar-refractivity contribution in [3.8, 4) is 0 Å². The van der Waals surface area contributed by atoms with E-state index in [1.54, 1.807) is 4.90 Å². The van der Waals surface area contributed by atoms with Crippen molar-refractivity contribution in [2.45, 2.75) is 20.3 Å². The van der Waals surface area contributed by atoms with Gasteiger partial charge in [0.15, 0.2) is 0 Å². The maximum atomic E-state index is 12.1. The van der Waals surface area contributed by atoms with Crippen LogP contribution in [0.3, 0.4) is 0 Å². The van der Waals surface area contributed by atoms with Crippen molar-refractivity contribution >= 4 is 44.2 Å². The van der Waals surface area contributed by atoms with E-state index < -0.39 is 0 Å². The van der Waals surface area contributed by atoms with Crippen molar-refractivity contribution in [1.82, 2.24) is 9.36 Å². The van der Waals surface area contributed by atoms with E-state index in [9.17, 15) is 4.79 Å². The SMILES string of the molecule is CCc1nsc(N(C)CC(=O)Nc2ccc(Br)cc2C)n1. The molecular formula is C14H17BrN4OS. The molecule has 1 aromatic carbocycles. The molecule has 0 aliphatic rings. The predicted octanol–water partition coefficient (Wildman–Crippen LogP) is 3.25. The Morgan fingerprint density at radius 1 is 1.48 bits per heavy atom. The summed E-state index contributed by atoms with van der Waals surface area (Å²) in [5.41, 5.74) is 1.84. The van der Waals surface area contributed by atoms with Crippen molar-refractivity contribution in [3.63, 3.8) is 0 Å². The second-order valence-corrected chi connectivity index (χ2v) is 6.36. The van der Waals surface area contributed by atoms with Gasteiger partial charge in [0, 0.05) is 35.2 Å². The Morgan fingerprint density at radius 3 is 2.86 bits per heavy atom. The van der Waals surface area contributed by atoms with Crippen LogP contribution >= 0.6 is 27.5 Å². The molecule has 1 amide bonds. The molecule has 0 spiro atoms. The summed E-state index contributed by atoms with van der Waals surface area (Å²) in [7, 11) is 1.84. The van der Waals surface area contributed by atoms with E-state index in [-0.39, 0.29) is 12.5 Å². The van der Waals surface area contributed by atoms with Crippen LogP contribution in [0, 0.1) is 6.92 Å². The number of aromatic nitrogens is 2. The van der Waals surface area contributed by atoms with Crippen LogP contribution in [0.5, 0.6) is 0 Å². The Bertz CT molecular complexity index is 644. The summed E-state index contributed by atoms with van der Waals surface area (Å²) < 4.78 is 5.22. The molecule has 0 aliphatic heterocycles. The van der Waals surface area contributed by atoms with Crippen LogP contribution in [0.4, 0.5) is 10.8 Å². The summed E-state index contributed by atoms with van der Waals surface area (Å²) >= 11 is 4.72. The second kappa shape index (κ2) is 7.00. The molecule has 0 bridgehead atoms. The van der Waals surface area contributed by atoms with Crippen LogP contribution in [0.15, 0.2) is 22.7 Å². The van der Waals surface area contributed by atoms with Gasteiger partial charge in [0.05, 0.1) is 6.54 Å². The van der Waals surface area contributed by atoms with Crippen LogP contribution in [-0.2, 0) is 11.2 Å². The average molecular weight is 369 g/mol. The summed E-state index contributed by atoms with van der Waals surface area (Å²) in [6.07, 6.45) is 0.800. The third kappa shape index (κ3) is 4.25. The van der Waals surface area contributed by atoms with E-state index in [0.29, 0.717) is 0 Å². The van der Waals surface area contributed by atoms with Crippen molar-refractivity contribution in [3.05, 3.63) is 34.1 Å². The first-order chi connectivity index (χ1) is 9.99. The number of carbonyl (C=O) groups is 1. The average Bonchev–Trinajstić information content (AvgIpc) is 2.91. The Hall–Kier alpha value is -1.47. The van der Waals surface area contributed by atoms with Crippen molar-refractivity contribution in [1.29, 1.82) is 0 Å². The van der Waals surface area contributed by atoms with E-state index in [0.717, 1.165) is 33.1 Å². The van der Waals surface area contributed by atoms with Crippen molar-refractivity contribution < 1.29 is 4.79 Å². The largest absolute Gasteiger partial charge is 0.341 e. The van der Waals surface area contributed by atoms with E-state index >= 15 is 0 Å². The first kappa shape index (κ1) is 15.9. The molecule has 0 aliphatic carbocycles. The third-order valence-electron chi connectivity index (χ3n) is 2.94. The maximum Gasteiger partial charge on any atom is 0.243 e. The molecule has 0 unspecified atom stereocenters. The van der Waals surface area contributed by atoms with Gasteiger partial charge in [-0.1, -0.05) is 22.9 Å². The molecule has 1 N–H and O–H groups in total. The third-order valence-corrected chi connectivity index (χ3v) is 4.31. The molecule has 5 nitrogen and oxygen atoms in total. The van der Waals surface area contributed by atoms with Gasteiger partial charge in [-0.2, -0.15) is 4.37 Å². The Kier molecular flexibility index (Phi) is 5.30. The summed E-state index contributed by atoms with van der Waals surface area (Å²) in [4.78, 5) is 18.3. The number of hydrogen-bond acceptors (Lipinski definition) is 5. The van der Waals surface area contributed by atoms with Crippen LogP contribution in [0.25, 0.3) is 0 Å². The van der Waals surface area contributed by atoms with Crippen LogP contribution in [0.2, 0.25) is 0 Å². The topological polar surface area (TPSA) is 58.1 Å². The lowest BCUT2D eigenvalue weighted by Gasteiger charge is -2.15. The lowest BCUT2D eigenvalue weighted by atomic mass is 10.2. The Balaban J connectivity index is 1.97. The Labute approximate surface area is 136 Å². The lowest BCUT2D eigenvalue weighted by Crippen LogP contribution is -2.30. The molecule has 7 heteroatoms.